The van der Waals surface area contributed by atoms with Gasteiger partial charge in [0, 0.05) is 32.6 Å². The van der Waals surface area contributed by atoms with Crippen LogP contribution in [0.5, 0.6) is 0 Å². The van der Waals surface area contributed by atoms with Gasteiger partial charge in [-0.1, -0.05) is 24.3 Å². The third kappa shape index (κ3) is 3.67. The SMILES string of the molecule is Cc1ccccc1CC(=O)N1CCC(=O)N(CC2CC2)CC1. The van der Waals surface area contributed by atoms with E-state index in [9.17, 15) is 9.59 Å². The van der Waals surface area contributed by atoms with Crippen LogP contribution in [0.1, 0.15) is 30.4 Å². The lowest BCUT2D eigenvalue weighted by atomic mass is 10.1. The van der Waals surface area contributed by atoms with Crippen LogP contribution >= 0.6 is 0 Å². The highest BCUT2D eigenvalue weighted by atomic mass is 16.2. The summed E-state index contributed by atoms with van der Waals surface area (Å²) < 4.78 is 0. The molecule has 0 spiro atoms. The number of hydrogen-bond donors (Lipinski definition) is 0. The van der Waals surface area contributed by atoms with Gasteiger partial charge in [0.05, 0.1) is 6.42 Å². The van der Waals surface area contributed by atoms with Gasteiger partial charge in [-0.05, 0) is 36.8 Å². The number of carbonyl (C=O) groups excluding carboxylic acids is 2. The van der Waals surface area contributed by atoms with Gasteiger partial charge in [-0.25, -0.2) is 0 Å². The molecule has 1 saturated heterocycles. The minimum Gasteiger partial charge on any atom is -0.341 e. The van der Waals surface area contributed by atoms with Crippen molar-refractivity contribution in [1.29, 1.82) is 0 Å². The molecular formula is C18H24N2O2. The van der Waals surface area contributed by atoms with Gasteiger partial charge in [-0.2, -0.15) is 0 Å². The first-order valence-electron chi connectivity index (χ1n) is 8.23. The van der Waals surface area contributed by atoms with Crippen LogP contribution in [0.2, 0.25) is 0 Å². The normalized spacial score (nSPS) is 19.2. The van der Waals surface area contributed by atoms with Crippen LogP contribution in [0.25, 0.3) is 0 Å². The minimum atomic E-state index is 0.135. The highest BCUT2D eigenvalue weighted by Gasteiger charge is 2.29. The van der Waals surface area contributed by atoms with E-state index in [4.69, 9.17) is 0 Å². The number of aryl methyl sites for hydroxylation is 1. The van der Waals surface area contributed by atoms with Crippen molar-refractivity contribution >= 4 is 11.8 Å². The second-order valence-corrected chi connectivity index (χ2v) is 6.52. The average Bonchev–Trinajstić information content (AvgIpc) is 3.32. The van der Waals surface area contributed by atoms with E-state index in [0.29, 0.717) is 38.4 Å². The van der Waals surface area contributed by atoms with E-state index in [2.05, 4.69) is 0 Å². The van der Waals surface area contributed by atoms with Crippen LogP contribution in [0.4, 0.5) is 0 Å². The summed E-state index contributed by atoms with van der Waals surface area (Å²) in [6, 6.07) is 8.00. The molecule has 0 atom stereocenters. The van der Waals surface area contributed by atoms with E-state index >= 15 is 0 Å². The van der Waals surface area contributed by atoms with Crippen molar-refractivity contribution in [3.8, 4) is 0 Å². The average molecular weight is 300 g/mol. The van der Waals surface area contributed by atoms with E-state index in [0.717, 1.165) is 17.7 Å². The number of benzene rings is 1. The molecule has 0 unspecified atom stereocenters. The molecule has 1 aliphatic carbocycles. The molecule has 22 heavy (non-hydrogen) atoms. The molecule has 0 bridgehead atoms. The van der Waals surface area contributed by atoms with E-state index in [1.165, 1.54) is 12.8 Å². The summed E-state index contributed by atoms with van der Waals surface area (Å²) in [5.74, 6) is 1.05. The second kappa shape index (κ2) is 6.51. The maximum atomic E-state index is 12.5. The molecule has 1 aliphatic heterocycles. The summed E-state index contributed by atoms with van der Waals surface area (Å²) in [4.78, 5) is 28.5. The summed E-state index contributed by atoms with van der Waals surface area (Å²) in [7, 11) is 0. The highest BCUT2D eigenvalue weighted by molar-refractivity contribution is 5.81. The Morgan fingerprint density at radius 1 is 1.18 bits per heavy atom. The highest BCUT2D eigenvalue weighted by Crippen LogP contribution is 2.30. The van der Waals surface area contributed by atoms with Crippen molar-refractivity contribution in [1.82, 2.24) is 9.80 Å². The quantitative estimate of drug-likeness (QED) is 0.853. The topological polar surface area (TPSA) is 40.6 Å². The first-order valence-corrected chi connectivity index (χ1v) is 8.23. The van der Waals surface area contributed by atoms with Crippen LogP contribution in [-0.2, 0) is 16.0 Å². The van der Waals surface area contributed by atoms with Gasteiger partial charge in [0.1, 0.15) is 0 Å². The molecule has 2 aliphatic rings. The molecule has 0 radical (unpaired) electrons. The maximum Gasteiger partial charge on any atom is 0.227 e. The van der Waals surface area contributed by atoms with Gasteiger partial charge in [-0.3, -0.25) is 9.59 Å². The summed E-state index contributed by atoms with van der Waals surface area (Å²) in [5, 5.41) is 0. The molecule has 0 aromatic heterocycles. The lowest BCUT2D eigenvalue weighted by molar-refractivity contribution is -0.130. The van der Waals surface area contributed by atoms with Gasteiger partial charge >= 0.3 is 0 Å². The van der Waals surface area contributed by atoms with Gasteiger partial charge in [0.2, 0.25) is 11.8 Å². The Kier molecular flexibility index (Phi) is 4.46. The van der Waals surface area contributed by atoms with Gasteiger partial charge in [0.25, 0.3) is 0 Å². The van der Waals surface area contributed by atoms with E-state index in [-0.39, 0.29) is 11.8 Å². The molecule has 1 saturated carbocycles. The number of nitrogens with zero attached hydrogens (tertiary/aromatic N) is 2. The Bertz CT molecular complexity index is 566. The molecule has 118 valence electrons. The van der Waals surface area contributed by atoms with Gasteiger partial charge < -0.3 is 9.80 Å². The van der Waals surface area contributed by atoms with E-state index < -0.39 is 0 Å². The number of amides is 2. The maximum absolute atomic E-state index is 12.5. The Morgan fingerprint density at radius 3 is 2.68 bits per heavy atom. The number of rotatable bonds is 4. The van der Waals surface area contributed by atoms with Crippen LogP contribution in [0, 0.1) is 12.8 Å². The molecule has 2 amide bonds. The summed E-state index contributed by atoms with van der Waals surface area (Å²) in [6.07, 6.45) is 3.40. The van der Waals surface area contributed by atoms with Crippen LogP contribution < -0.4 is 0 Å². The van der Waals surface area contributed by atoms with E-state index in [1.807, 2.05) is 41.0 Å². The fourth-order valence-electron chi connectivity index (χ4n) is 3.00. The van der Waals surface area contributed by atoms with Crippen molar-refractivity contribution < 1.29 is 9.59 Å². The molecule has 4 heteroatoms. The van der Waals surface area contributed by atoms with Crippen LogP contribution in [-0.4, -0.2) is 47.8 Å². The van der Waals surface area contributed by atoms with Crippen LogP contribution in [0.15, 0.2) is 24.3 Å². The first-order chi connectivity index (χ1) is 10.6. The Labute approximate surface area is 132 Å². The molecule has 1 aromatic rings. The van der Waals surface area contributed by atoms with Gasteiger partial charge in [-0.15, -0.1) is 0 Å². The van der Waals surface area contributed by atoms with Crippen molar-refractivity contribution in [2.24, 2.45) is 5.92 Å². The van der Waals surface area contributed by atoms with Crippen molar-refractivity contribution in [3.05, 3.63) is 35.4 Å². The second-order valence-electron chi connectivity index (χ2n) is 6.52. The minimum absolute atomic E-state index is 0.135. The fraction of sp³-hybridized carbons (Fsp3) is 0.556. The monoisotopic (exact) mass is 300 g/mol. The zero-order chi connectivity index (χ0) is 15.5. The van der Waals surface area contributed by atoms with Crippen LogP contribution in [0.3, 0.4) is 0 Å². The predicted molar refractivity (Wildman–Crippen MR) is 85.4 cm³/mol. The predicted octanol–water partition coefficient (Wildman–Crippen LogP) is 2.01. The smallest absolute Gasteiger partial charge is 0.227 e. The Hall–Kier alpha value is -1.84. The lowest BCUT2D eigenvalue weighted by Gasteiger charge is -2.22. The molecule has 4 nitrogen and oxygen atoms in total. The third-order valence-electron chi connectivity index (χ3n) is 4.72. The molecule has 2 fully saturated rings. The Balaban J connectivity index is 1.58. The summed E-state index contributed by atoms with van der Waals surface area (Å²) in [6.45, 7) is 4.84. The zero-order valence-corrected chi connectivity index (χ0v) is 13.3. The molecule has 3 rings (SSSR count). The summed E-state index contributed by atoms with van der Waals surface area (Å²) >= 11 is 0. The number of carbonyl (C=O) groups is 2. The Morgan fingerprint density at radius 2 is 1.95 bits per heavy atom. The fourth-order valence-corrected chi connectivity index (χ4v) is 3.00. The summed E-state index contributed by atoms with van der Waals surface area (Å²) in [5.41, 5.74) is 2.23. The first kappa shape index (κ1) is 15.1. The lowest BCUT2D eigenvalue weighted by Crippen LogP contribution is -2.37. The molecular weight excluding hydrogens is 276 g/mol. The van der Waals surface area contributed by atoms with E-state index in [1.54, 1.807) is 0 Å². The number of hydrogen-bond acceptors (Lipinski definition) is 2. The van der Waals surface area contributed by atoms with Crippen molar-refractivity contribution in [2.75, 3.05) is 26.2 Å². The third-order valence-corrected chi connectivity index (χ3v) is 4.72. The molecule has 1 aromatic carbocycles. The molecule has 1 heterocycles. The standard InChI is InChI=1S/C18H24N2O2/c1-14-4-2-3-5-16(14)12-18(22)19-9-8-17(21)20(11-10-19)13-15-6-7-15/h2-5,15H,6-13H2,1H3. The van der Waals surface area contributed by atoms with Crippen molar-refractivity contribution in [2.45, 2.75) is 32.6 Å². The van der Waals surface area contributed by atoms with Gasteiger partial charge in [0.15, 0.2) is 0 Å². The van der Waals surface area contributed by atoms with Crippen molar-refractivity contribution in [3.63, 3.8) is 0 Å². The largest absolute Gasteiger partial charge is 0.341 e. The molecule has 0 N–H and O–H groups in total. The zero-order valence-electron chi connectivity index (χ0n) is 13.3.